The minimum absolute atomic E-state index is 0.127. The summed E-state index contributed by atoms with van der Waals surface area (Å²) < 4.78 is 13.5. The van der Waals surface area contributed by atoms with Crippen LogP contribution in [-0.2, 0) is 11.3 Å². The Morgan fingerprint density at radius 2 is 1.97 bits per heavy atom. The van der Waals surface area contributed by atoms with Crippen LogP contribution in [0.2, 0.25) is 5.02 Å². The fourth-order valence-corrected chi connectivity index (χ4v) is 4.22. The van der Waals surface area contributed by atoms with Gasteiger partial charge in [-0.3, -0.25) is 4.79 Å². The third kappa shape index (κ3) is 4.97. The predicted octanol–water partition coefficient (Wildman–Crippen LogP) is 4.82. The SMILES string of the molecule is CCn1c(SCC(=O)Nc2cc(Cl)ccc2C)nnc1-c1ccc2c(c1)OCCCO2. The molecule has 0 saturated heterocycles. The van der Waals surface area contributed by atoms with Gasteiger partial charge < -0.3 is 19.4 Å². The summed E-state index contributed by atoms with van der Waals surface area (Å²) in [6.07, 6.45) is 0.854. The number of halogens is 1. The lowest BCUT2D eigenvalue weighted by molar-refractivity contribution is -0.113. The molecule has 2 heterocycles. The molecule has 0 spiro atoms. The molecule has 1 aliphatic heterocycles. The smallest absolute Gasteiger partial charge is 0.234 e. The van der Waals surface area contributed by atoms with Crippen molar-refractivity contribution >= 4 is 35.0 Å². The third-order valence-electron chi connectivity index (χ3n) is 4.84. The maximum absolute atomic E-state index is 12.5. The molecule has 1 amide bonds. The van der Waals surface area contributed by atoms with Crippen molar-refractivity contribution in [2.45, 2.75) is 32.0 Å². The van der Waals surface area contributed by atoms with Crippen LogP contribution >= 0.6 is 23.4 Å². The summed E-state index contributed by atoms with van der Waals surface area (Å²) >= 11 is 7.38. The van der Waals surface area contributed by atoms with Gasteiger partial charge in [0.2, 0.25) is 5.91 Å². The molecule has 1 N–H and O–H groups in total. The van der Waals surface area contributed by atoms with E-state index in [1.165, 1.54) is 11.8 Å². The quantitative estimate of drug-likeness (QED) is 0.533. The summed E-state index contributed by atoms with van der Waals surface area (Å²) in [5.74, 6) is 2.27. The van der Waals surface area contributed by atoms with Crippen molar-refractivity contribution in [3.63, 3.8) is 0 Å². The van der Waals surface area contributed by atoms with Gasteiger partial charge in [0.05, 0.1) is 19.0 Å². The Morgan fingerprint density at radius 3 is 2.77 bits per heavy atom. The monoisotopic (exact) mass is 458 g/mol. The van der Waals surface area contributed by atoms with Crippen LogP contribution in [0.25, 0.3) is 11.4 Å². The van der Waals surface area contributed by atoms with Crippen LogP contribution < -0.4 is 14.8 Å². The number of hydrogen-bond acceptors (Lipinski definition) is 6. The Kier molecular flexibility index (Phi) is 6.67. The summed E-state index contributed by atoms with van der Waals surface area (Å²) in [6.45, 7) is 5.90. The van der Waals surface area contributed by atoms with Gasteiger partial charge >= 0.3 is 0 Å². The number of thioether (sulfide) groups is 1. The van der Waals surface area contributed by atoms with Crippen molar-refractivity contribution in [1.82, 2.24) is 14.8 Å². The molecule has 0 bridgehead atoms. The molecule has 9 heteroatoms. The average Bonchev–Trinajstić information content (AvgIpc) is 3.03. The second-order valence-corrected chi connectivity index (χ2v) is 8.44. The maximum Gasteiger partial charge on any atom is 0.234 e. The number of hydrogen-bond donors (Lipinski definition) is 1. The van der Waals surface area contributed by atoms with Crippen molar-refractivity contribution in [3.8, 4) is 22.9 Å². The van der Waals surface area contributed by atoms with Crippen molar-refractivity contribution in [1.29, 1.82) is 0 Å². The van der Waals surface area contributed by atoms with E-state index in [1.807, 2.05) is 42.7 Å². The molecule has 0 saturated carbocycles. The van der Waals surface area contributed by atoms with Gasteiger partial charge in [-0.25, -0.2) is 0 Å². The molecule has 0 aliphatic carbocycles. The van der Waals surface area contributed by atoms with Crippen molar-refractivity contribution in [2.75, 3.05) is 24.3 Å². The number of fused-ring (bicyclic) bond motifs is 1. The average molecular weight is 459 g/mol. The first-order valence-electron chi connectivity index (χ1n) is 10.1. The van der Waals surface area contributed by atoms with E-state index in [2.05, 4.69) is 15.5 Å². The van der Waals surface area contributed by atoms with E-state index in [4.69, 9.17) is 21.1 Å². The molecule has 1 aliphatic rings. The molecule has 31 heavy (non-hydrogen) atoms. The predicted molar refractivity (Wildman–Crippen MR) is 122 cm³/mol. The lowest BCUT2D eigenvalue weighted by atomic mass is 10.2. The Morgan fingerprint density at radius 1 is 1.16 bits per heavy atom. The second-order valence-electron chi connectivity index (χ2n) is 7.06. The van der Waals surface area contributed by atoms with E-state index < -0.39 is 0 Å². The molecule has 7 nitrogen and oxygen atoms in total. The van der Waals surface area contributed by atoms with Crippen LogP contribution in [0.3, 0.4) is 0 Å². The maximum atomic E-state index is 12.5. The highest BCUT2D eigenvalue weighted by Crippen LogP contribution is 2.34. The van der Waals surface area contributed by atoms with Gasteiger partial charge in [0.1, 0.15) is 0 Å². The van der Waals surface area contributed by atoms with E-state index in [-0.39, 0.29) is 11.7 Å². The largest absolute Gasteiger partial charge is 0.490 e. The number of nitrogens with zero attached hydrogens (tertiary/aromatic N) is 3. The third-order valence-corrected chi connectivity index (χ3v) is 6.05. The first-order valence-corrected chi connectivity index (χ1v) is 11.4. The Balaban J connectivity index is 1.48. The molecule has 2 aromatic carbocycles. The molecule has 0 unspecified atom stereocenters. The number of ether oxygens (including phenoxy) is 2. The Labute approximate surface area is 190 Å². The van der Waals surface area contributed by atoms with Crippen LogP contribution in [0.1, 0.15) is 18.9 Å². The first kappa shape index (κ1) is 21.5. The number of amides is 1. The molecule has 0 atom stereocenters. The van der Waals surface area contributed by atoms with Gasteiger partial charge in [-0.1, -0.05) is 29.4 Å². The summed E-state index contributed by atoms with van der Waals surface area (Å²) in [6, 6.07) is 11.2. The van der Waals surface area contributed by atoms with Gasteiger partial charge in [-0.15, -0.1) is 10.2 Å². The molecule has 4 rings (SSSR count). The zero-order valence-electron chi connectivity index (χ0n) is 17.4. The van der Waals surface area contributed by atoms with Gasteiger partial charge in [-0.05, 0) is 49.7 Å². The number of carbonyl (C=O) groups excluding carboxylic acids is 1. The number of benzene rings is 2. The minimum atomic E-state index is -0.127. The van der Waals surface area contributed by atoms with Crippen LogP contribution in [0, 0.1) is 6.92 Å². The zero-order chi connectivity index (χ0) is 21.8. The molecule has 162 valence electrons. The number of aryl methyl sites for hydroxylation is 1. The molecular formula is C22H23ClN4O3S. The Hall–Kier alpha value is -2.71. The van der Waals surface area contributed by atoms with Crippen molar-refractivity contribution in [2.24, 2.45) is 0 Å². The second kappa shape index (κ2) is 9.62. The highest BCUT2D eigenvalue weighted by atomic mass is 35.5. The number of carbonyl (C=O) groups is 1. The van der Waals surface area contributed by atoms with E-state index in [0.717, 1.165) is 29.1 Å². The van der Waals surface area contributed by atoms with Crippen LogP contribution in [0.4, 0.5) is 5.69 Å². The van der Waals surface area contributed by atoms with Crippen LogP contribution in [0.15, 0.2) is 41.6 Å². The molecule has 1 aromatic heterocycles. The number of rotatable bonds is 6. The summed E-state index contributed by atoms with van der Waals surface area (Å²) in [5.41, 5.74) is 2.56. The zero-order valence-corrected chi connectivity index (χ0v) is 18.9. The highest BCUT2D eigenvalue weighted by Gasteiger charge is 2.18. The van der Waals surface area contributed by atoms with Gasteiger partial charge in [-0.2, -0.15) is 0 Å². The summed E-state index contributed by atoms with van der Waals surface area (Å²) in [5, 5.41) is 12.8. The van der Waals surface area contributed by atoms with E-state index in [9.17, 15) is 4.79 Å². The van der Waals surface area contributed by atoms with Crippen LogP contribution in [0.5, 0.6) is 11.5 Å². The number of nitrogens with one attached hydrogen (secondary N) is 1. The molecular weight excluding hydrogens is 436 g/mol. The van der Waals surface area contributed by atoms with Crippen molar-refractivity contribution < 1.29 is 14.3 Å². The highest BCUT2D eigenvalue weighted by molar-refractivity contribution is 7.99. The molecule has 0 fully saturated rings. The van der Waals surface area contributed by atoms with Gasteiger partial charge in [0.25, 0.3) is 0 Å². The standard InChI is InChI=1S/C22H23ClN4O3S/c1-3-27-21(15-6-8-18-19(11-15)30-10-4-9-29-18)25-26-22(27)31-13-20(28)24-17-12-16(23)7-5-14(17)2/h5-8,11-12H,3-4,9-10,13H2,1-2H3,(H,24,28). The fraction of sp³-hybridized carbons (Fsp3) is 0.318. The molecule has 0 radical (unpaired) electrons. The lowest BCUT2D eigenvalue weighted by Crippen LogP contribution is -2.15. The summed E-state index contributed by atoms with van der Waals surface area (Å²) in [4.78, 5) is 12.5. The van der Waals surface area contributed by atoms with E-state index in [1.54, 1.807) is 12.1 Å². The van der Waals surface area contributed by atoms with Gasteiger partial charge in [0.15, 0.2) is 22.5 Å². The Bertz CT molecular complexity index is 1100. The van der Waals surface area contributed by atoms with Crippen molar-refractivity contribution in [3.05, 3.63) is 47.0 Å². The van der Waals surface area contributed by atoms with E-state index in [0.29, 0.717) is 41.4 Å². The summed E-state index contributed by atoms with van der Waals surface area (Å²) in [7, 11) is 0. The fourth-order valence-electron chi connectivity index (χ4n) is 3.24. The van der Waals surface area contributed by atoms with Gasteiger partial charge in [0, 0.05) is 29.2 Å². The lowest BCUT2D eigenvalue weighted by Gasteiger charge is -2.11. The first-order chi connectivity index (χ1) is 15.0. The minimum Gasteiger partial charge on any atom is -0.490 e. The van der Waals surface area contributed by atoms with Crippen LogP contribution in [-0.4, -0.2) is 39.6 Å². The number of aromatic nitrogens is 3. The number of anilines is 1. The molecule has 3 aromatic rings. The van der Waals surface area contributed by atoms with E-state index >= 15 is 0 Å². The normalized spacial score (nSPS) is 13.0. The topological polar surface area (TPSA) is 78.3 Å².